The molecule has 0 bridgehead atoms. The van der Waals surface area contributed by atoms with E-state index in [1.165, 1.54) is 0 Å². The third kappa shape index (κ3) is 5.58. The van der Waals surface area contributed by atoms with Gasteiger partial charge in [-0.1, -0.05) is 30.3 Å². The van der Waals surface area contributed by atoms with Crippen molar-refractivity contribution in [3.05, 3.63) is 94.1 Å². The SMILES string of the molecule is Cc1cc(C2=NCc3cc(CC(=O)C[C@H](COC(F)F)c4ccccc4)nc(CO)c32)ccn1. The average Bonchev–Trinajstić information content (AvgIpc) is 3.25. The Morgan fingerprint density at radius 3 is 2.68 bits per heavy atom. The quantitative estimate of drug-likeness (QED) is 0.486. The van der Waals surface area contributed by atoms with Gasteiger partial charge in [0.1, 0.15) is 5.78 Å². The molecule has 3 heterocycles. The molecule has 0 saturated carbocycles. The van der Waals surface area contributed by atoms with Crippen LogP contribution >= 0.6 is 0 Å². The number of carbonyl (C=O) groups excluding carboxylic acids is 1. The van der Waals surface area contributed by atoms with Crippen LogP contribution < -0.4 is 0 Å². The number of fused-ring (bicyclic) bond motifs is 1. The monoisotopic (exact) mass is 465 g/mol. The van der Waals surface area contributed by atoms with Crippen LogP contribution in [0.3, 0.4) is 0 Å². The number of hydrogen-bond donors (Lipinski definition) is 1. The maximum absolute atomic E-state index is 12.9. The second-order valence-corrected chi connectivity index (χ2v) is 8.22. The number of halogens is 2. The number of Topliss-reactive ketones (excluding diaryl/α,β-unsaturated/α-hetero) is 1. The number of benzene rings is 1. The van der Waals surface area contributed by atoms with Gasteiger partial charge in [-0.25, -0.2) is 0 Å². The van der Waals surface area contributed by atoms with Crippen molar-refractivity contribution in [2.24, 2.45) is 4.99 Å². The lowest BCUT2D eigenvalue weighted by Crippen LogP contribution is -2.17. The van der Waals surface area contributed by atoms with E-state index in [1.54, 1.807) is 30.5 Å². The molecule has 1 aliphatic heterocycles. The van der Waals surface area contributed by atoms with E-state index in [9.17, 15) is 18.7 Å². The van der Waals surface area contributed by atoms with Gasteiger partial charge >= 0.3 is 6.61 Å². The standard InChI is InChI=1S/C26H25F2N3O3/c1-16-9-18(7-8-29-16)25-24-19(13-30-25)10-21(31-23(24)14-32)12-22(33)11-20(15-34-26(27)28)17-5-3-2-4-6-17/h2-10,20,26,32H,11-15H2,1H3/t20-/m1/s1. The lowest BCUT2D eigenvalue weighted by Gasteiger charge is -2.17. The Morgan fingerprint density at radius 1 is 1.18 bits per heavy atom. The van der Waals surface area contributed by atoms with Crippen molar-refractivity contribution >= 4 is 11.5 Å². The summed E-state index contributed by atoms with van der Waals surface area (Å²) in [5.74, 6) is -0.633. The van der Waals surface area contributed by atoms with Gasteiger partial charge in [0.2, 0.25) is 0 Å². The summed E-state index contributed by atoms with van der Waals surface area (Å²) >= 11 is 0. The summed E-state index contributed by atoms with van der Waals surface area (Å²) in [6.07, 6.45) is 1.79. The first-order valence-corrected chi connectivity index (χ1v) is 11.0. The van der Waals surface area contributed by atoms with Crippen LogP contribution in [0.2, 0.25) is 0 Å². The molecule has 4 rings (SSSR count). The fraction of sp³-hybridized carbons (Fsp3) is 0.308. The predicted octanol–water partition coefficient (Wildman–Crippen LogP) is 4.15. The molecule has 1 N–H and O–H groups in total. The summed E-state index contributed by atoms with van der Waals surface area (Å²) in [5.41, 5.74) is 5.95. The average molecular weight is 466 g/mol. The molecular formula is C26H25F2N3O3. The van der Waals surface area contributed by atoms with Gasteiger partial charge in [-0.2, -0.15) is 8.78 Å². The van der Waals surface area contributed by atoms with Crippen molar-refractivity contribution in [3.8, 4) is 0 Å². The molecule has 0 unspecified atom stereocenters. The first-order valence-electron chi connectivity index (χ1n) is 11.0. The summed E-state index contributed by atoms with van der Waals surface area (Å²) < 4.78 is 29.8. The van der Waals surface area contributed by atoms with E-state index in [1.807, 2.05) is 31.2 Å². The lowest BCUT2D eigenvalue weighted by atomic mass is 9.92. The van der Waals surface area contributed by atoms with Gasteiger partial charge in [-0.15, -0.1) is 0 Å². The first-order chi connectivity index (χ1) is 16.4. The highest BCUT2D eigenvalue weighted by atomic mass is 19.3. The molecule has 2 aromatic heterocycles. The van der Waals surface area contributed by atoms with Crippen molar-refractivity contribution in [2.75, 3.05) is 6.61 Å². The van der Waals surface area contributed by atoms with Crippen LogP contribution in [0.4, 0.5) is 8.78 Å². The Morgan fingerprint density at radius 2 is 1.97 bits per heavy atom. The van der Waals surface area contributed by atoms with Crippen LogP contribution in [0.25, 0.3) is 0 Å². The second kappa shape index (κ2) is 10.7. The highest BCUT2D eigenvalue weighted by Gasteiger charge is 2.25. The predicted molar refractivity (Wildman–Crippen MR) is 123 cm³/mol. The summed E-state index contributed by atoms with van der Waals surface area (Å²) in [5, 5.41) is 9.99. The van der Waals surface area contributed by atoms with E-state index in [0.29, 0.717) is 17.9 Å². The Labute approximate surface area is 196 Å². The molecule has 34 heavy (non-hydrogen) atoms. The van der Waals surface area contributed by atoms with Crippen LogP contribution in [0, 0.1) is 6.92 Å². The summed E-state index contributed by atoms with van der Waals surface area (Å²) in [6, 6.07) is 14.6. The Bertz CT molecular complexity index is 1200. The number of nitrogens with zero attached hydrogens (tertiary/aromatic N) is 3. The number of pyridine rings is 2. The number of aromatic nitrogens is 2. The highest BCUT2D eigenvalue weighted by molar-refractivity contribution is 6.15. The van der Waals surface area contributed by atoms with Crippen molar-refractivity contribution in [2.45, 2.75) is 45.4 Å². The number of hydrogen-bond acceptors (Lipinski definition) is 6. The molecule has 6 nitrogen and oxygen atoms in total. The lowest BCUT2D eigenvalue weighted by molar-refractivity contribution is -0.136. The smallest absolute Gasteiger partial charge is 0.345 e. The first kappa shape index (κ1) is 23.8. The van der Waals surface area contributed by atoms with Crippen molar-refractivity contribution < 1.29 is 23.4 Å². The molecule has 8 heteroatoms. The number of carbonyl (C=O) groups is 1. The van der Waals surface area contributed by atoms with Gasteiger partial charge in [0, 0.05) is 47.5 Å². The molecular weight excluding hydrogens is 440 g/mol. The molecule has 0 aliphatic carbocycles. The zero-order valence-electron chi connectivity index (χ0n) is 18.7. The van der Waals surface area contributed by atoms with E-state index in [0.717, 1.165) is 33.7 Å². The maximum atomic E-state index is 12.9. The third-order valence-electron chi connectivity index (χ3n) is 5.74. The molecule has 3 aromatic rings. The fourth-order valence-corrected chi connectivity index (χ4v) is 4.25. The minimum absolute atomic E-state index is 0.0298. The molecule has 1 atom stereocenters. The van der Waals surface area contributed by atoms with Gasteiger partial charge < -0.3 is 9.84 Å². The number of rotatable bonds is 10. The van der Waals surface area contributed by atoms with Gasteiger partial charge in [0.15, 0.2) is 0 Å². The van der Waals surface area contributed by atoms with Gasteiger partial charge in [0.05, 0.1) is 31.2 Å². The number of aryl methyl sites for hydroxylation is 1. The molecule has 1 aromatic carbocycles. The van der Waals surface area contributed by atoms with E-state index < -0.39 is 12.5 Å². The number of alkyl halides is 2. The van der Waals surface area contributed by atoms with Crippen LogP contribution in [0.5, 0.6) is 0 Å². The summed E-state index contributed by atoms with van der Waals surface area (Å²) in [6.45, 7) is -1.12. The second-order valence-electron chi connectivity index (χ2n) is 8.22. The van der Waals surface area contributed by atoms with E-state index in [4.69, 9.17) is 0 Å². The van der Waals surface area contributed by atoms with Gasteiger partial charge in [-0.3, -0.25) is 19.8 Å². The molecule has 0 amide bonds. The number of ketones is 1. The molecule has 0 spiro atoms. The Balaban J connectivity index is 1.52. The minimum Gasteiger partial charge on any atom is -0.390 e. The fourth-order valence-electron chi connectivity index (χ4n) is 4.25. The zero-order chi connectivity index (χ0) is 24.1. The normalized spacial score (nSPS) is 13.6. The topological polar surface area (TPSA) is 84.7 Å². The number of ether oxygens (including phenoxy) is 1. The third-order valence-corrected chi connectivity index (χ3v) is 5.74. The molecule has 176 valence electrons. The van der Waals surface area contributed by atoms with Crippen LogP contribution in [-0.4, -0.2) is 39.8 Å². The zero-order valence-corrected chi connectivity index (χ0v) is 18.7. The molecule has 0 fully saturated rings. The van der Waals surface area contributed by atoms with Gasteiger partial charge in [0.25, 0.3) is 0 Å². The maximum Gasteiger partial charge on any atom is 0.345 e. The highest BCUT2D eigenvalue weighted by Crippen LogP contribution is 2.28. The molecule has 0 saturated heterocycles. The van der Waals surface area contributed by atoms with Crippen LogP contribution in [0.15, 0.2) is 59.7 Å². The number of aliphatic hydroxyl groups is 1. The van der Waals surface area contributed by atoms with Crippen LogP contribution in [0.1, 0.15) is 51.7 Å². The van der Waals surface area contributed by atoms with Crippen molar-refractivity contribution in [1.29, 1.82) is 0 Å². The number of aliphatic hydroxyl groups excluding tert-OH is 1. The Hall–Kier alpha value is -3.36. The molecule has 0 radical (unpaired) electrons. The van der Waals surface area contributed by atoms with Crippen LogP contribution in [-0.2, 0) is 29.1 Å². The van der Waals surface area contributed by atoms with E-state index in [2.05, 4.69) is 19.7 Å². The van der Waals surface area contributed by atoms with E-state index in [-0.39, 0.29) is 31.8 Å². The summed E-state index contributed by atoms with van der Waals surface area (Å²) in [4.78, 5) is 26.3. The Kier molecular flexibility index (Phi) is 7.49. The summed E-state index contributed by atoms with van der Waals surface area (Å²) in [7, 11) is 0. The largest absolute Gasteiger partial charge is 0.390 e. The van der Waals surface area contributed by atoms with Crippen molar-refractivity contribution in [1.82, 2.24) is 9.97 Å². The van der Waals surface area contributed by atoms with Crippen molar-refractivity contribution in [3.63, 3.8) is 0 Å². The van der Waals surface area contributed by atoms with Gasteiger partial charge in [-0.05, 0) is 36.2 Å². The molecule has 1 aliphatic rings. The minimum atomic E-state index is -2.90. The van der Waals surface area contributed by atoms with E-state index >= 15 is 0 Å². The number of aliphatic imine (C=N–C) groups is 1.